The van der Waals surface area contributed by atoms with Gasteiger partial charge in [0.05, 0.1) is 7.11 Å². The van der Waals surface area contributed by atoms with Crippen molar-refractivity contribution in [3.63, 3.8) is 0 Å². The maximum absolute atomic E-state index is 13.8. The molecule has 3 atom stereocenters. The number of nitrogens with one attached hydrogen (secondary N) is 1. The molecule has 0 saturated carbocycles. The van der Waals surface area contributed by atoms with E-state index in [1.165, 1.54) is 13.2 Å². The smallest absolute Gasteiger partial charge is 0.131 e. The standard InChI is InChI=1S/C13H20FNO2S/c1-9(18(4)16)8-15-10(2)12-6-5-11(17-3)7-13(12)14/h5-7,9-10,15H,8H2,1-4H3/t9-,10-,18+/m1/s1. The minimum absolute atomic E-state index is 0.0498. The second-order valence-corrected chi connectivity index (χ2v) is 6.13. The Morgan fingerprint density at radius 1 is 1.44 bits per heavy atom. The average Bonchev–Trinajstić information content (AvgIpc) is 2.34. The van der Waals surface area contributed by atoms with Crippen LogP contribution in [0.5, 0.6) is 5.75 Å². The van der Waals surface area contributed by atoms with Gasteiger partial charge in [-0.2, -0.15) is 0 Å². The molecule has 102 valence electrons. The van der Waals surface area contributed by atoms with Crippen molar-refractivity contribution in [1.29, 1.82) is 0 Å². The summed E-state index contributed by atoms with van der Waals surface area (Å²) in [5.41, 5.74) is 0.588. The molecule has 0 aliphatic heterocycles. The Morgan fingerprint density at radius 2 is 2.11 bits per heavy atom. The molecule has 0 amide bonds. The fraction of sp³-hybridized carbons (Fsp3) is 0.538. The second kappa shape index (κ2) is 6.85. The van der Waals surface area contributed by atoms with Gasteiger partial charge in [0.2, 0.25) is 0 Å². The fourth-order valence-corrected chi connectivity index (χ4v) is 1.89. The Labute approximate surface area is 110 Å². The summed E-state index contributed by atoms with van der Waals surface area (Å²) in [5.74, 6) is 0.214. The summed E-state index contributed by atoms with van der Waals surface area (Å²) in [6.45, 7) is 4.38. The van der Waals surface area contributed by atoms with Crippen LogP contribution in [0.3, 0.4) is 0 Å². The van der Waals surface area contributed by atoms with Gasteiger partial charge in [0.25, 0.3) is 0 Å². The van der Waals surface area contributed by atoms with Gasteiger partial charge >= 0.3 is 0 Å². The molecule has 1 rings (SSSR count). The normalized spacial score (nSPS) is 16.1. The van der Waals surface area contributed by atoms with E-state index in [0.29, 0.717) is 17.9 Å². The summed E-state index contributed by atoms with van der Waals surface area (Å²) in [5, 5.41) is 3.23. The summed E-state index contributed by atoms with van der Waals surface area (Å²) in [4.78, 5) is 0. The third-order valence-corrected chi connectivity index (χ3v) is 4.25. The van der Waals surface area contributed by atoms with E-state index in [0.717, 1.165) is 0 Å². The molecular weight excluding hydrogens is 253 g/mol. The maximum atomic E-state index is 13.8. The van der Waals surface area contributed by atoms with Crippen LogP contribution in [0.15, 0.2) is 18.2 Å². The number of halogens is 1. The largest absolute Gasteiger partial charge is 0.497 e. The molecule has 0 fully saturated rings. The third-order valence-electron chi connectivity index (χ3n) is 2.95. The molecule has 0 spiro atoms. The zero-order valence-corrected chi connectivity index (χ0v) is 12.0. The van der Waals surface area contributed by atoms with Crippen LogP contribution in [-0.4, -0.2) is 29.4 Å². The van der Waals surface area contributed by atoms with Crippen molar-refractivity contribution < 1.29 is 13.3 Å². The van der Waals surface area contributed by atoms with Gasteiger partial charge in [-0.1, -0.05) is 6.07 Å². The first-order valence-corrected chi connectivity index (χ1v) is 7.47. The van der Waals surface area contributed by atoms with Crippen LogP contribution in [-0.2, 0) is 10.8 Å². The first-order valence-electron chi connectivity index (χ1n) is 5.84. The van der Waals surface area contributed by atoms with E-state index in [2.05, 4.69) is 5.32 Å². The summed E-state index contributed by atoms with van der Waals surface area (Å²) >= 11 is 0. The molecule has 5 heteroatoms. The minimum Gasteiger partial charge on any atom is -0.497 e. The van der Waals surface area contributed by atoms with E-state index in [1.807, 2.05) is 13.8 Å². The van der Waals surface area contributed by atoms with Crippen molar-refractivity contribution in [2.75, 3.05) is 19.9 Å². The monoisotopic (exact) mass is 273 g/mol. The number of hydrogen-bond donors (Lipinski definition) is 1. The summed E-state index contributed by atoms with van der Waals surface area (Å²) < 4.78 is 30.0. The molecule has 0 heterocycles. The highest BCUT2D eigenvalue weighted by molar-refractivity contribution is 7.84. The van der Waals surface area contributed by atoms with E-state index in [1.54, 1.807) is 18.4 Å². The van der Waals surface area contributed by atoms with Crippen molar-refractivity contribution in [1.82, 2.24) is 5.32 Å². The van der Waals surface area contributed by atoms with E-state index in [9.17, 15) is 8.60 Å². The third kappa shape index (κ3) is 4.07. The van der Waals surface area contributed by atoms with Crippen LogP contribution in [0.2, 0.25) is 0 Å². The molecule has 0 bridgehead atoms. The van der Waals surface area contributed by atoms with Gasteiger partial charge in [0, 0.05) is 46.5 Å². The molecule has 0 unspecified atom stereocenters. The Balaban J connectivity index is 2.66. The van der Waals surface area contributed by atoms with Crippen molar-refractivity contribution in [2.45, 2.75) is 25.1 Å². The van der Waals surface area contributed by atoms with Crippen molar-refractivity contribution >= 4 is 10.8 Å². The zero-order valence-electron chi connectivity index (χ0n) is 11.2. The number of ether oxygens (including phenoxy) is 1. The lowest BCUT2D eigenvalue weighted by Crippen LogP contribution is -2.30. The summed E-state index contributed by atoms with van der Waals surface area (Å²) in [6, 6.07) is 4.69. The SMILES string of the molecule is COc1ccc([C@@H](C)NC[C@@H](C)[S@](C)=O)c(F)c1. The Bertz CT molecular complexity index is 425. The van der Waals surface area contributed by atoms with Crippen molar-refractivity contribution in [3.8, 4) is 5.75 Å². The summed E-state index contributed by atoms with van der Waals surface area (Å²) in [6.07, 6.45) is 1.67. The van der Waals surface area contributed by atoms with Crippen LogP contribution in [0, 0.1) is 5.82 Å². The topological polar surface area (TPSA) is 38.3 Å². The van der Waals surface area contributed by atoms with Crippen LogP contribution < -0.4 is 10.1 Å². The number of hydrogen-bond acceptors (Lipinski definition) is 3. The molecule has 18 heavy (non-hydrogen) atoms. The lowest BCUT2D eigenvalue weighted by Gasteiger charge is -2.17. The van der Waals surface area contributed by atoms with Crippen LogP contribution in [0.1, 0.15) is 25.5 Å². The lowest BCUT2D eigenvalue weighted by atomic mass is 10.1. The van der Waals surface area contributed by atoms with Gasteiger partial charge in [0.1, 0.15) is 11.6 Å². The Morgan fingerprint density at radius 3 is 2.61 bits per heavy atom. The Kier molecular flexibility index (Phi) is 5.75. The van der Waals surface area contributed by atoms with Crippen molar-refractivity contribution in [3.05, 3.63) is 29.6 Å². The molecular formula is C13H20FNO2S. The van der Waals surface area contributed by atoms with Gasteiger partial charge in [-0.25, -0.2) is 4.39 Å². The fourth-order valence-electron chi connectivity index (χ4n) is 1.56. The second-order valence-electron chi connectivity index (χ2n) is 4.33. The lowest BCUT2D eigenvalue weighted by molar-refractivity contribution is 0.409. The first-order chi connectivity index (χ1) is 8.45. The highest BCUT2D eigenvalue weighted by Crippen LogP contribution is 2.21. The van der Waals surface area contributed by atoms with Gasteiger partial charge in [0.15, 0.2) is 0 Å². The molecule has 0 radical (unpaired) electrons. The summed E-state index contributed by atoms with van der Waals surface area (Å²) in [7, 11) is 0.638. The molecule has 1 aromatic rings. The van der Waals surface area contributed by atoms with Gasteiger partial charge in [-0.3, -0.25) is 4.21 Å². The van der Waals surface area contributed by atoms with Gasteiger partial charge in [-0.15, -0.1) is 0 Å². The number of rotatable bonds is 6. The molecule has 0 aromatic heterocycles. The van der Waals surface area contributed by atoms with Crippen LogP contribution in [0.25, 0.3) is 0 Å². The van der Waals surface area contributed by atoms with Crippen LogP contribution in [0.4, 0.5) is 4.39 Å². The van der Waals surface area contributed by atoms with Crippen molar-refractivity contribution in [2.24, 2.45) is 0 Å². The molecule has 0 aliphatic rings. The minimum atomic E-state index is -0.870. The number of benzene rings is 1. The maximum Gasteiger partial charge on any atom is 0.131 e. The molecule has 0 saturated heterocycles. The molecule has 1 N–H and O–H groups in total. The predicted molar refractivity (Wildman–Crippen MR) is 72.9 cm³/mol. The van der Waals surface area contributed by atoms with E-state index >= 15 is 0 Å². The highest BCUT2D eigenvalue weighted by atomic mass is 32.2. The average molecular weight is 273 g/mol. The van der Waals surface area contributed by atoms with E-state index in [4.69, 9.17) is 4.74 Å². The predicted octanol–water partition coefficient (Wildman–Crippen LogP) is 2.25. The quantitative estimate of drug-likeness (QED) is 0.864. The van der Waals surface area contributed by atoms with Gasteiger partial charge < -0.3 is 10.1 Å². The highest BCUT2D eigenvalue weighted by Gasteiger charge is 2.13. The molecule has 0 aliphatic carbocycles. The van der Waals surface area contributed by atoms with Gasteiger partial charge in [-0.05, 0) is 19.9 Å². The molecule has 3 nitrogen and oxygen atoms in total. The van der Waals surface area contributed by atoms with Crippen LogP contribution >= 0.6 is 0 Å². The Hall–Kier alpha value is -0.940. The van der Waals surface area contributed by atoms with E-state index in [-0.39, 0.29) is 17.1 Å². The first kappa shape index (κ1) is 15.1. The van der Waals surface area contributed by atoms with E-state index < -0.39 is 10.8 Å². The number of methoxy groups -OCH3 is 1. The zero-order chi connectivity index (χ0) is 13.7. The molecule has 1 aromatic carbocycles.